The summed E-state index contributed by atoms with van der Waals surface area (Å²) in [4.78, 5) is 15.7. The molecule has 0 aliphatic carbocycles. The van der Waals surface area contributed by atoms with Crippen molar-refractivity contribution in [3.63, 3.8) is 0 Å². The second kappa shape index (κ2) is 3.85. The lowest BCUT2D eigenvalue weighted by atomic mass is 10.00. The highest BCUT2D eigenvalue weighted by atomic mass is 16.5. The van der Waals surface area contributed by atoms with Crippen molar-refractivity contribution in [1.82, 2.24) is 0 Å². The summed E-state index contributed by atoms with van der Waals surface area (Å²) in [6.07, 6.45) is 1.92. The number of methoxy groups -OCH3 is 1. The molecule has 0 spiro atoms. The molecular weight excluding hydrogens is 190 g/mol. The maximum Gasteiger partial charge on any atom is 0.337 e. The Morgan fingerprint density at radius 2 is 2.20 bits per heavy atom. The molecular formula is C12H13NO2. The van der Waals surface area contributed by atoms with Gasteiger partial charge in [-0.25, -0.2) is 4.79 Å². The number of rotatable bonds is 1. The Morgan fingerprint density at radius 3 is 2.93 bits per heavy atom. The van der Waals surface area contributed by atoms with Gasteiger partial charge in [0, 0.05) is 5.71 Å². The Hall–Kier alpha value is -1.64. The second-order valence-corrected chi connectivity index (χ2v) is 3.68. The molecule has 0 aromatic heterocycles. The van der Waals surface area contributed by atoms with Crippen molar-refractivity contribution in [3.05, 3.63) is 29.3 Å². The normalized spacial score (nSPS) is 14.1. The van der Waals surface area contributed by atoms with Gasteiger partial charge >= 0.3 is 5.97 Å². The van der Waals surface area contributed by atoms with Gasteiger partial charge in [0.2, 0.25) is 0 Å². The van der Waals surface area contributed by atoms with E-state index in [1.807, 2.05) is 19.1 Å². The summed E-state index contributed by atoms with van der Waals surface area (Å²) in [6, 6.07) is 5.51. The molecule has 0 saturated heterocycles. The molecule has 15 heavy (non-hydrogen) atoms. The highest BCUT2D eigenvalue weighted by Crippen LogP contribution is 2.26. The van der Waals surface area contributed by atoms with Gasteiger partial charge < -0.3 is 4.74 Å². The maximum absolute atomic E-state index is 11.3. The van der Waals surface area contributed by atoms with Crippen LogP contribution in [0, 0.1) is 0 Å². The number of ether oxygens (including phenoxy) is 1. The van der Waals surface area contributed by atoms with E-state index in [0.717, 1.165) is 29.8 Å². The Kier molecular flexibility index (Phi) is 2.54. The zero-order chi connectivity index (χ0) is 10.8. The fraction of sp³-hybridized carbons (Fsp3) is 0.333. The SMILES string of the molecule is COC(=O)c1ccc2c(c1)CCC(C)=N2. The zero-order valence-corrected chi connectivity index (χ0v) is 8.91. The molecule has 2 rings (SSSR count). The zero-order valence-electron chi connectivity index (χ0n) is 8.91. The Balaban J connectivity index is 2.40. The molecule has 1 aliphatic heterocycles. The van der Waals surface area contributed by atoms with Gasteiger partial charge in [-0.2, -0.15) is 0 Å². The third kappa shape index (κ3) is 1.91. The molecule has 78 valence electrons. The van der Waals surface area contributed by atoms with Crippen LogP contribution in [0.4, 0.5) is 5.69 Å². The summed E-state index contributed by atoms with van der Waals surface area (Å²) in [5.74, 6) is -0.288. The molecule has 3 heteroatoms. The number of benzene rings is 1. The van der Waals surface area contributed by atoms with Gasteiger partial charge in [-0.1, -0.05) is 0 Å². The fourth-order valence-electron chi connectivity index (χ4n) is 1.72. The first-order chi connectivity index (χ1) is 7.20. The minimum Gasteiger partial charge on any atom is -0.465 e. The number of hydrogen-bond donors (Lipinski definition) is 0. The van der Waals surface area contributed by atoms with Crippen molar-refractivity contribution in [2.75, 3.05) is 7.11 Å². The molecule has 0 saturated carbocycles. The predicted molar refractivity (Wildman–Crippen MR) is 58.9 cm³/mol. The highest BCUT2D eigenvalue weighted by Gasteiger charge is 2.12. The van der Waals surface area contributed by atoms with Crippen LogP contribution in [0.3, 0.4) is 0 Å². The molecule has 0 amide bonds. The minimum absolute atomic E-state index is 0.288. The van der Waals surface area contributed by atoms with Crippen molar-refractivity contribution >= 4 is 17.4 Å². The van der Waals surface area contributed by atoms with Gasteiger partial charge in [-0.05, 0) is 43.5 Å². The number of fused-ring (bicyclic) bond motifs is 1. The molecule has 0 bridgehead atoms. The van der Waals surface area contributed by atoms with Crippen LogP contribution in [0.25, 0.3) is 0 Å². The quantitative estimate of drug-likeness (QED) is 0.658. The van der Waals surface area contributed by atoms with Crippen LogP contribution in [0.5, 0.6) is 0 Å². The average molecular weight is 203 g/mol. The lowest BCUT2D eigenvalue weighted by molar-refractivity contribution is 0.0600. The van der Waals surface area contributed by atoms with Gasteiger partial charge in [0.15, 0.2) is 0 Å². The van der Waals surface area contributed by atoms with E-state index < -0.39 is 0 Å². The van der Waals surface area contributed by atoms with Gasteiger partial charge in [0.1, 0.15) is 0 Å². The first-order valence-corrected chi connectivity index (χ1v) is 4.96. The van der Waals surface area contributed by atoms with Crippen molar-refractivity contribution in [1.29, 1.82) is 0 Å². The second-order valence-electron chi connectivity index (χ2n) is 3.68. The van der Waals surface area contributed by atoms with Gasteiger partial charge in [-0.15, -0.1) is 0 Å². The lowest BCUT2D eigenvalue weighted by Crippen LogP contribution is -2.05. The van der Waals surface area contributed by atoms with E-state index in [1.54, 1.807) is 6.07 Å². The predicted octanol–water partition coefficient (Wildman–Crippen LogP) is 2.51. The van der Waals surface area contributed by atoms with Gasteiger partial charge in [0.05, 0.1) is 18.4 Å². The number of carbonyl (C=O) groups is 1. The molecule has 0 fully saturated rings. The Bertz CT molecular complexity index is 435. The van der Waals surface area contributed by atoms with Crippen molar-refractivity contribution in [3.8, 4) is 0 Å². The minimum atomic E-state index is -0.288. The van der Waals surface area contributed by atoms with Crippen LogP contribution in [0.1, 0.15) is 29.3 Å². The molecule has 1 heterocycles. The fourth-order valence-corrected chi connectivity index (χ4v) is 1.72. The number of aryl methyl sites for hydroxylation is 1. The first kappa shape index (κ1) is 9.90. The summed E-state index contributed by atoms with van der Waals surface area (Å²) in [5.41, 5.74) is 3.86. The van der Waals surface area contributed by atoms with E-state index in [0.29, 0.717) is 5.56 Å². The highest BCUT2D eigenvalue weighted by molar-refractivity contribution is 5.91. The maximum atomic E-state index is 11.3. The summed E-state index contributed by atoms with van der Waals surface area (Å²) in [7, 11) is 1.39. The number of nitrogens with zero attached hydrogens (tertiary/aromatic N) is 1. The van der Waals surface area contributed by atoms with Crippen molar-refractivity contribution in [2.24, 2.45) is 4.99 Å². The van der Waals surface area contributed by atoms with Crippen molar-refractivity contribution in [2.45, 2.75) is 19.8 Å². The third-order valence-corrected chi connectivity index (χ3v) is 2.57. The first-order valence-electron chi connectivity index (χ1n) is 4.96. The van der Waals surface area contributed by atoms with E-state index in [9.17, 15) is 4.79 Å². The third-order valence-electron chi connectivity index (χ3n) is 2.57. The van der Waals surface area contributed by atoms with Crippen molar-refractivity contribution < 1.29 is 9.53 Å². The average Bonchev–Trinajstić information content (AvgIpc) is 2.27. The van der Waals surface area contributed by atoms with E-state index in [2.05, 4.69) is 9.73 Å². The standard InChI is InChI=1S/C12H13NO2/c1-8-3-4-9-7-10(12(14)15-2)5-6-11(9)13-8/h5-7H,3-4H2,1-2H3. The van der Waals surface area contributed by atoms with Crippen LogP contribution in [0.15, 0.2) is 23.2 Å². The Labute approximate surface area is 88.8 Å². The topological polar surface area (TPSA) is 38.7 Å². The number of carbonyl (C=O) groups excluding carboxylic acids is 1. The molecule has 0 N–H and O–H groups in total. The molecule has 1 aliphatic rings. The smallest absolute Gasteiger partial charge is 0.337 e. The van der Waals surface area contributed by atoms with Crippen LogP contribution in [-0.4, -0.2) is 18.8 Å². The number of esters is 1. The number of hydrogen-bond acceptors (Lipinski definition) is 3. The summed E-state index contributed by atoms with van der Waals surface area (Å²) >= 11 is 0. The molecule has 0 radical (unpaired) electrons. The van der Waals surface area contributed by atoms with Crippen LogP contribution < -0.4 is 0 Å². The summed E-state index contributed by atoms with van der Waals surface area (Å²) < 4.78 is 4.67. The van der Waals surface area contributed by atoms with E-state index in [1.165, 1.54) is 7.11 Å². The largest absolute Gasteiger partial charge is 0.465 e. The van der Waals surface area contributed by atoms with Crippen LogP contribution in [0.2, 0.25) is 0 Å². The van der Waals surface area contributed by atoms with Crippen LogP contribution >= 0.6 is 0 Å². The summed E-state index contributed by atoms with van der Waals surface area (Å²) in [5, 5.41) is 0. The molecule has 1 aromatic rings. The Morgan fingerprint density at radius 1 is 1.40 bits per heavy atom. The van der Waals surface area contributed by atoms with Gasteiger partial charge in [0.25, 0.3) is 0 Å². The molecule has 0 atom stereocenters. The number of aliphatic imine (C=N–C) groups is 1. The lowest BCUT2D eigenvalue weighted by Gasteiger charge is -2.13. The van der Waals surface area contributed by atoms with Crippen LogP contribution in [-0.2, 0) is 11.2 Å². The molecule has 0 unspecified atom stereocenters. The van der Waals surface area contributed by atoms with E-state index in [-0.39, 0.29) is 5.97 Å². The molecule has 3 nitrogen and oxygen atoms in total. The van der Waals surface area contributed by atoms with Gasteiger partial charge in [-0.3, -0.25) is 4.99 Å². The van der Waals surface area contributed by atoms with E-state index in [4.69, 9.17) is 0 Å². The van der Waals surface area contributed by atoms with E-state index >= 15 is 0 Å². The molecule has 1 aromatic carbocycles. The monoisotopic (exact) mass is 203 g/mol. The summed E-state index contributed by atoms with van der Waals surface area (Å²) in [6.45, 7) is 2.02.